The van der Waals surface area contributed by atoms with Crippen molar-refractivity contribution in [2.24, 2.45) is 0 Å². The van der Waals surface area contributed by atoms with Gasteiger partial charge in [0, 0.05) is 11.3 Å². The maximum Gasteiger partial charge on any atom is 0.318 e. The molecular weight excluding hydrogens is 526 g/mol. The molecule has 0 radical (unpaired) electrons. The lowest BCUT2D eigenvalue weighted by Crippen LogP contribution is -2.37. The van der Waals surface area contributed by atoms with Gasteiger partial charge >= 0.3 is 5.97 Å². The van der Waals surface area contributed by atoms with Crippen LogP contribution in [0.25, 0.3) is 0 Å². The van der Waals surface area contributed by atoms with E-state index < -0.39 is 34.8 Å². The second-order valence-electron chi connectivity index (χ2n) is 9.01. The van der Waals surface area contributed by atoms with E-state index in [2.05, 4.69) is 5.32 Å². The molecule has 0 saturated heterocycles. The summed E-state index contributed by atoms with van der Waals surface area (Å²) in [5, 5.41) is 2.53. The van der Waals surface area contributed by atoms with Crippen LogP contribution in [0, 0.1) is 11.6 Å². The minimum Gasteiger partial charge on any atom is -0.497 e. The fourth-order valence-corrected chi connectivity index (χ4v) is 4.91. The Morgan fingerprint density at radius 2 is 1.49 bits per heavy atom. The Morgan fingerprint density at radius 3 is 2.08 bits per heavy atom. The first-order valence-electron chi connectivity index (χ1n) is 11.9. The van der Waals surface area contributed by atoms with Crippen LogP contribution in [0.1, 0.15) is 35.1 Å². The molecule has 1 aliphatic rings. The normalized spacial score (nSPS) is 16.5. The SMILES string of the molecule is COc1ccc(C2(c3ccc(OC(=O)[C@@H](C)c4ccccc4N)cc3)C(=O)Nc3c2ccc(F)c3F)cc1.Cl. The van der Waals surface area contributed by atoms with Gasteiger partial charge in [-0.05, 0) is 60.0 Å². The molecule has 2 atom stereocenters. The summed E-state index contributed by atoms with van der Waals surface area (Å²) in [6.07, 6.45) is 0. The molecule has 1 heterocycles. The van der Waals surface area contributed by atoms with Crippen LogP contribution in [-0.2, 0) is 15.0 Å². The molecule has 9 heteroatoms. The summed E-state index contributed by atoms with van der Waals surface area (Å²) in [5.41, 5.74) is 6.72. The van der Waals surface area contributed by atoms with Crippen LogP contribution >= 0.6 is 12.4 Å². The number of nitrogen functional groups attached to an aromatic ring is 1. The molecule has 3 N–H and O–H groups in total. The molecule has 0 saturated carbocycles. The first-order valence-corrected chi connectivity index (χ1v) is 11.9. The molecule has 1 unspecified atom stereocenters. The third kappa shape index (κ3) is 4.57. The van der Waals surface area contributed by atoms with Gasteiger partial charge in [0.25, 0.3) is 0 Å². The van der Waals surface area contributed by atoms with Crippen molar-refractivity contribution >= 4 is 35.7 Å². The summed E-state index contributed by atoms with van der Waals surface area (Å²) in [4.78, 5) is 26.4. The van der Waals surface area contributed by atoms with Crippen LogP contribution < -0.4 is 20.5 Å². The van der Waals surface area contributed by atoms with Crippen LogP contribution in [0.5, 0.6) is 11.5 Å². The topological polar surface area (TPSA) is 90.7 Å². The van der Waals surface area contributed by atoms with Crippen LogP contribution in [-0.4, -0.2) is 19.0 Å². The molecular formula is C30H25ClF2N2O4. The first kappa shape index (κ1) is 27.6. The fourth-order valence-electron chi connectivity index (χ4n) is 4.91. The number of nitrogens with two attached hydrogens (primary N) is 1. The number of anilines is 2. The minimum absolute atomic E-state index is 0. The van der Waals surface area contributed by atoms with E-state index in [-0.39, 0.29) is 29.4 Å². The van der Waals surface area contributed by atoms with E-state index in [9.17, 15) is 18.4 Å². The molecule has 200 valence electrons. The van der Waals surface area contributed by atoms with Crippen molar-refractivity contribution in [3.63, 3.8) is 0 Å². The average Bonchev–Trinajstić information content (AvgIpc) is 3.24. The van der Waals surface area contributed by atoms with Gasteiger partial charge in [-0.15, -0.1) is 12.4 Å². The lowest BCUT2D eigenvalue weighted by molar-refractivity contribution is -0.135. The van der Waals surface area contributed by atoms with E-state index in [1.54, 1.807) is 79.7 Å². The lowest BCUT2D eigenvalue weighted by atomic mass is 9.70. The van der Waals surface area contributed by atoms with Gasteiger partial charge in [0.05, 0.1) is 18.7 Å². The zero-order valence-corrected chi connectivity index (χ0v) is 21.9. The van der Waals surface area contributed by atoms with Gasteiger partial charge in [0.1, 0.15) is 16.9 Å². The van der Waals surface area contributed by atoms with E-state index in [4.69, 9.17) is 15.2 Å². The highest BCUT2D eigenvalue weighted by atomic mass is 35.5. The molecule has 39 heavy (non-hydrogen) atoms. The Kier molecular flexibility index (Phi) is 7.60. The van der Waals surface area contributed by atoms with Crippen molar-refractivity contribution in [2.75, 3.05) is 18.2 Å². The van der Waals surface area contributed by atoms with Crippen molar-refractivity contribution in [1.29, 1.82) is 0 Å². The number of nitrogens with one attached hydrogen (secondary N) is 1. The Balaban J connectivity index is 0.00000353. The monoisotopic (exact) mass is 550 g/mol. The minimum atomic E-state index is -1.48. The number of benzene rings is 4. The zero-order valence-electron chi connectivity index (χ0n) is 21.0. The smallest absolute Gasteiger partial charge is 0.318 e. The number of ether oxygens (including phenoxy) is 2. The van der Waals surface area contributed by atoms with Crippen LogP contribution in [0.3, 0.4) is 0 Å². The summed E-state index contributed by atoms with van der Waals surface area (Å²) < 4.78 is 39.6. The van der Waals surface area contributed by atoms with Crippen molar-refractivity contribution in [3.8, 4) is 11.5 Å². The van der Waals surface area contributed by atoms with Crippen molar-refractivity contribution in [2.45, 2.75) is 18.3 Å². The Morgan fingerprint density at radius 1 is 0.897 bits per heavy atom. The van der Waals surface area contributed by atoms with Gasteiger partial charge in [-0.1, -0.05) is 48.5 Å². The number of methoxy groups -OCH3 is 1. The Labute approximate surface area is 230 Å². The van der Waals surface area contributed by atoms with Gasteiger partial charge in [-0.2, -0.15) is 0 Å². The first-order chi connectivity index (χ1) is 18.3. The quantitative estimate of drug-likeness (QED) is 0.175. The number of esters is 1. The zero-order chi connectivity index (χ0) is 27.0. The van der Waals surface area contributed by atoms with E-state index in [0.717, 1.165) is 6.07 Å². The van der Waals surface area contributed by atoms with E-state index >= 15 is 0 Å². The predicted molar refractivity (Wildman–Crippen MR) is 146 cm³/mol. The Bertz CT molecular complexity index is 1540. The fraction of sp³-hybridized carbons (Fsp3) is 0.133. The largest absolute Gasteiger partial charge is 0.497 e. The highest BCUT2D eigenvalue weighted by molar-refractivity contribution is 6.11. The number of para-hydroxylation sites is 1. The van der Waals surface area contributed by atoms with Crippen LogP contribution in [0.2, 0.25) is 0 Å². The summed E-state index contributed by atoms with van der Waals surface area (Å²) in [6.45, 7) is 1.70. The second-order valence-corrected chi connectivity index (χ2v) is 9.01. The van der Waals surface area contributed by atoms with Gasteiger partial charge in [0.15, 0.2) is 11.6 Å². The summed E-state index contributed by atoms with van der Waals surface area (Å²) in [5.74, 6) is -3.01. The second kappa shape index (κ2) is 10.7. The summed E-state index contributed by atoms with van der Waals surface area (Å²) in [6, 6.07) is 22.6. The van der Waals surface area contributed by atoms with Crippen molar-refractivity contribution in [3.05, 3.63) is 119 Å². The van der Waals surface area contributed by atoms with Gasteiger partial charge in [-0.3, -0.25) is 9.59 Å². The average molecular weight is 551 g/mol. The summed E-state index contributed by atoms with van der Waals surface area (Å²) in [7, 11) is 1.52. The molecule has 1 aliphatic heterocycles. The number of rotatable bonds is 6. The van der Waals surface area contributed by atoms with Crippen molar-refractivity contribution < 1.29 is 27.8 Å². The van der Waals surface area contributed by atoms with E-state index in [1.807, 2.05) is 0 Å². The molecule has 5 rings (SSSR count). The third-order valence-corrected chi connectivity index (χ3v) is 6.92. The number of hydrogen-bond donors (Lipinski definition) is 2. The van der Waals surface area contributed by atoms with Crippen LogP contribution in [0.15, 0.2) is 84.9 Å². The van der Waals surface area contributed by atoms with Crippen molar-refractivity contribution in [1.82, 2.24) is 0 Å². The highest BCUT2D eigenvalue weighted by Crippen LogP contribution is 2.49. The maximum absolute atomic E-state index is 14.7. The van der Waals surface area contributed by atoms with E-state index in [1.165, 1.54) is 13.2 Å². The number of halogens is 3. The Hall–Kier alpha value is -4.43. The van der Waals surface area contributed by atoms with Gasteiger partial charge in [-0.25, -0.2) is 8.78 Å². The standard InChI is InChI=1S/C30H24F2N2O4.ClH/c1-17(22-5-3-4-6-25(22)33)28(35)38-21-13-9-19(10-14-21)30(18-7-11-20(37-2)12-8-18)23-15-16-24(31)26(32)27(23)34-29(30)36;/h3-17H,33H2,1-2H3,(H,34,36);1H/t17-,30?;/m0./s1. The number of fused-ring (bicyclic) bond motifs is 1. The number of hydrogen-bond acceptors (Lipinski definition) is 5. The number of carbonyl (C=O) groups is 2. The molecule has 4 aromatic carbocycles. The molecule has 0 fully saturated rings. The number of carbonyl (C=O) groups excluding carboxylic acids is 2. The summed E-state index contributed by atoms with van der Waals surface area (Å²) >= 11 is 0. The molecule has 1 amide bonds. The van der Waals surface area contributed by atoms with Gasteiger partial charge < -0.3 is 20.5 Å². The molecule has 6 nitrogen and oxygen atoms in total. The lowest BCUT2D eigenvalue weighted by Gasteiger charge is -2.29. The molecule has 0 spiro atoms. The molecule has 0 aromatic heterocycles. The molecule has 0 aliphatic carbocycles. The van der Waals surface area contributed by atoms with Crippen LogP contribution in [0.4, 0.5) is 20.2 Å². The molecule has 0 bridgehead atoms. The predicted octanol–water partition coefficient (Wildman–Crippen LogP) is 5.97. The number of amides is 1. The van der Waals surface area contributed by atoms with E-state index in [0.29, 0.717) is 28.1 Å². The molecule has 4 aromatic rings. The van der Waals surface area contributed by atoms with Gasteiger partial charge in [0.2, 0.25) is 5.91 Å². The third-order valence-electron chi connectivity index (χ3n) is 6.92. The maximum atomic E-state index is 14.7. The highest BCUT2D eigenvalue weighted by Gasteiger charge is 2.51.